The van der Waals surface area contributed by atoms with Crippen LogP contribution in [0.4, 0.5) is 10.1 Å². The van der Waals surface area contributed by atoms with Crippen LogP contribution in [0.2, 0.25) is 5.02 Å². The summed E-state index contributed by atoms with van der Waals surface area (Å²) in [5.74, 6) is -1.18. The Morgan fingerprint density at radius 2 is 2.00 bits per heavy atom. The van der Waals surface area contributed by atoms with Crippen LogP contribution in [0.25, 0.3) is 0 Å². The molecular weight excluding hydrogens is 419 g/mol. The molecule has 0 radical (unpaired) electrons. The van der Waals surface area contributed by atoms with E-state index in [9.17, 15) is 12.8 Å². The van der Waals surface area contributed by atoms with Gasteiger partial charge in [0.25, 0.3) is 0 Å². The summed E-state index contributed by atoms with van der Waals surface area (Å²) in [6.07, 6.45) is 3.27. The number of sulfone groups is 1. The van der Waals surface area contributed by atoms with Gasteiger partial charge in [-0.1, -0.05) is 55.3 Å². The zero-order valence-corrected chi connectivity index (χ0v) is 17.6. The average molecular weight is 439 g/mol. The van der Waals surface area contributed by atoms with Gasteiger partial charge < -0.3 is 5.32 Å². The van der Waals surface area contributed by atoms with Crippen molar-refractivity contribution in [2.75, 3.05) is 5.32 Å². The molecule has 0 spiro atoms. The van der Waals surface area contributed by atoms with E-state index in [0.29, 0.717) is 10.7 Å². The minimum atomic E-state index is -3.88. The molecule has 1 atom stereocenters. The number of anilines is 1. The van der Waals surface area contributed by atoms with Gasteiger partial charge in [-0.2, -0.15) is 0 Å². The second kappa shape index (κ2) is 9.03. The van der Waals surface area contributed by atoms with Crippen molar-refractivity contribution in [2.24, 2.45) is 0 Å². The summed E-state index contributed by atoms with van der Waals surface area (Å²) in [7, 11) is -3.88. The largest absolute Gasteiger partial charge is 0.377 e. The van der Waals surface area contributed by atoms with Crippen molar-refractivity contribution in [1.29, 1.82) is 0 Å². The van der Waals surface area contributed by atoms with E-state index >= 15 is 0 Å². The summed E-state index contributed by atoms with van der Waals surface area (Å²) in [6.45, 7) is 2.06. The lowest BCUT2D eigenvalue weighted by molar-refractivity contribution is 0.566. The molecule has 1 heterocycles. The van der Waals surface area contributed by atoms with Crippen LogP contribution in [0, 0.1) is 5.82 Å². The molecule has 28 heavy (non-hydrogen) atoms. The van der Waals surface area contributed by atoms with Gasteiger partial charge in [0.15, 0.2) is 9.84 Å². The first-order valence-electron chi connectivity index (χ1n) is 8.82. The highest BCUT2D eigenvalue weighted by molar-refractivity contribution is 7.90. The summed E-state index contributed by atoms with van der Waals surface area (Å²) in [5.41, 5.74) is 1.43. The van der Waals surface area contributed by atoms with E-state index in [1.54, 1.807) is 5.38 Å². The van der Waals surface area contributed by atoms with E-state index in [-0.39, 0.29) is 16.8 Å². The molecule has 1 aromatic heterocycles. The number of rotatable bonds is 8. The SMILES string of the molecule is CCC[C@H](Nc1cc(F)c(S(=O)(=O)Cc2nccs2)cc1Cl)c1ccccc1. The van der Waals surface area contributed by atoms with Gasteiger partial charge in [0.05, 0.1) is 16.8 Å². The average Bonchev–Trinajstić information content (AvgIpc) is 3.16. The Bertz CT molecular complexity index is 1030. The molecule has 148 valence electrons. The molecule has 0 aliphatic heterocycles. The molecule has 0 aliphatic rings. The van der Waals surface area contributed by atoms with Crippen LogP contribution in [0.3, 0.4) is 0 Å². The third-order valence-corrected chi connectivity index (χ3v) is 7.17. The molecule has 0 fully saturated rings. The minimum Gasteiger partial charge on any atom is -0.377 e. The lowest BCUT2D eigenvalue weighted by Crippen LogP contribution is -2.12. The Balaban J connectivity index is 1.89. The van der Waals surface area contributed by atoms with Gasteiger partial charge in [0, 0.05) is 11.6 Å². The zero-order chi connectivity index (χ0) is 20.1. The van der Waals surface area contributed by atoms with Crippen molar-refractivity contribution in [3.05, 3.63) is 75.5 Å². The van der Waals surface area contributed by atoms with Crippen LogP contribution in [0.1, 0.15) is 36.4 Å². The molecule has 0 saturated heterocycles. The van der Waals surface area contributed by atoms with Crippen molar-refractivity contribution in [2.45, 2.75) is 36.5 Å². The fraction of sp³-hybridized carbons (Fsp3) is 0.250. The molecule has 3 aromatic rings. The Morgan fingerprint density at radius 1 is 1.25 bits per heavy atom. The van der Waals surface area contributed by atoms with Crippen LogP contribution in [0.5, 0.6) is 0 Å². The number of thiazole rings is 1. The van der Waals surface area contributed by atoms with E-state index in [0.717, 1.165) is 24.5 Å². The van der Waals surface area contributed by atoms with Crippen molar-refractivity contribution in [1.82, 2.24) is 4.98 Å². The molecular formula is C20H20ClFN2O2S2. The third-order valence-electron chi connectivity index (χ3n) is 4.26. The van der Waals surface area contributed by atoms with Crippen LogP contribution in [0.15, 0.2) is 58.9 Å². The molecule has 0 aliphatic carbocycles. The lowest BCUT2D eigenvalue weighted by Gasteiger charge is -2.21. The summed E-state index contributed by atoms with van der Waals surface area (Å²) in [5, 5.41) is 5.50. The maximum absolute atomic E-state index is 14.7. The summed E-state index contributed by atoms with van der Waals surface area (Å²) < 4.78 is 39.9. The normalized spacial score (nSPS) is 12.7. The van der Waals surface area contributed by atoms with E-state index in [1.807, 2.05) is 30.3 Å². The smallest absolute Gasteiger partial charge is 0.187 e. The fourth-order valence-electron chi connectivity index (χ4n) is 2.93. The quantitative estimate of drug-likeness (QED) is 0.478. The minimum absolute atomic E-state index is 0.0547. The van der Waals surface area contributed by atoms with E-state index in [2.05, 4.69) is 17.2 Å². The predicted molar refractivity (Wildman–Crippen MR) is 112 cm³/mol. The van der Waals surface area contributed by atoms with Gasteiger partial charge in [-0.3, -0.25) is 0 Å². The van der Waals surface area contributed by atoms with Gasteiger partial charge in [-0.15, -0.1) is 11.3 Å². The molecule has 0 saturated carbocycles. The van der Waals surface area contributed by atoms with E-state index in [4.69, 9.17) is 11.6 Å². The molecule has 3 rings (SSSR count). The highest BCUT2D eigenvalue weighted by atomic mass is 35.5. The molecule has 1 N–H and O–H groups in total. The second-order valence-electron chi connectivity index (χ2n) is 6.34. The highest BCUT2D eigenvalue weighted by Crippen LogP contribution is 2.33. The fourth-order valence-corrected chi connectivity index (χ4v) is 5.56. The van der Waals surface area contributed by atoms with Crippen molar-refractivity contribution >= 4 is 38.5 Å². The Morgan fingerprint density at radius 3 is 2.64 bits per heavy atom. The highest BCUT2D eigenvalue weighted by Gasteiger charge is 2.24. The maximum atomic E-state index is 14.7. The van der Waals surface area contributed by atoms with Gasteiger partial charge in [0.2, 0.25) is 0 Å². The number of hydrogen-bond donors (Lipinski definition) is 1. The number of nitrogens with zero attached hydrogens (tertiary/aromatic N) is 1. The molecule has 4 nitrogen and oxygen atoms in total. The topological polar surface area (TPSA) is 59.1 Å². The van der Waals surface area contributed by atoms with Crippen LogP contribution < -0.4 is 5.32 Å². The second-order valence-corrected chi connectivity index (χ2v) is 9.69. The first-order chi connectivity index (χ1) is 13.4. The number of halogens is 2. The van der Waals surface area contributed by atoms with E-state index < -0.39 is 20.5 Å². The zero-order valence-electron chi connectivity index (χ0n) is 15.2. The summed E-state index contributed by atoms with van der Waals surface area (Å²) in [4.78, 5) is 3.55. The Hall–Kier alpha value is -1.96. The predicted octanol–water partition coefficient (Wildman–Crippen LogP) is 5.86. The monoisotopic (exact) mass is 438 g/mol. The lowest BCUT2D eigenvalue weighted by atomic mass is 10.0. The number of aromatic nitrogens is 1. The van der Waals surface area contributed by atoms with Gasteiger partial charge in [-0.05, 0) is 24.1 Å². The molecule has 0 bridgehead atoms. The number of benzene rings is 2. The van der Waals surface area contributed by atoms with Crippen LogP contribution in [-0.4, -0.2) is 13.4 Å². The summed E-state index contributed by atoms with van der Waals surface area (Å²) >= 11 is 7.53. The first kappa shape index (κ1) is 20.8. The molecule has 0 unspecified atom stereocenters. The Labute approximate surface area is 173 Å². The maximum Gasteiger partial charge on any atom is 0.187 e. The first-order valence-corrected chi connectivity index (χ1v) is 11.7. The van der Waals surface area contributed by atoms with Crippen molar-refractivity contribution in [3.8, 4) is 0 Å². The third kappa shape index (κ3) is 4.90. The standard InChI is InChI=1S/C20H20ClFN2O2S2/c1-2-6-17(14-7-4-3-5-8-14)24-18-12-16(22)19(11-15(18)21)28(25,26)13-20-23-9-10-27-20/h3-5,7-12,17,24H,2,6,13H2,1H3/t17-/m0/s1. The number of hydrogen-bond acceptors (Lipinski definition) is 5. The molecule has 0 amide bonds. The molecule has 8 heteroatoms. The number of nitrogens with one attached hydrogen (secondary N) is 1. The van der Waals surface area contributed by atoms with Crippen molar-refractivity contribution < 1.29 is 12.8 Å². The van der Waals surface area contributed by atoms with Crippen LogP contribution >= 0.6 is 22.9 Å². The van der Waals surface area contributed by atoms with Gasteiger partial charge in [0.1, 0.15) is 21.5 Å². The van der Waals surface area contributed by atoms with E-state index in [1.165, 1.54) is 23.6 Å². The van der Waals surface area contributed by atoms with Gasteiger partial charge in [-0.25, -0.2) is 17.8 Å². The molecule has 2 aromatic carbocycles. The Kier molecular flexibility index (Phi) is 6.69. The summed E-state index contributed by atoms with van der Waals surface area (Å²) in [6, 6.07) is 12.1. The van der Waals surface area contributed by atoms with Crippen molar-refractivity contribution in [3.63, 3.8) is 0 Å². The van der Waals surface area contributed by atoms with Crippen LogP contribution in [-0.2, 0) is 15.6 Å². The van der Waals surface area contributed by atoms with Gasteiger partial charge >= 0.3 is 0 Å².